The van der Waals surface area contributed by atoms with Gasteiger partial charge in [-0.2, -0.15) is 4.72 Å². The Balaban J connectivity index is 2.98. The highest BCUT2D eigenvalue weighted by molar-refractivity contribution is 7.89. The Morgan fingerprint density at radius 3 is 2.50 bits per heavy atom. The molecule has 0 heterocycles. The van der Waals surface area contributed by atoms with E-state index >= 15 is 0 Å². The van der Waals surface area contributed by atoms with Gasteiger partial charge >= 0.3 is 5.97 Å². The lowest BCUT2D eigenvalue weighted by molar-refractivity contribution is -0.384. The Hall–Kier alpha value is -2.26. The third-order valence-electron chi connectivity index (χ3n) is 2.63. The highest BCUT2D eigenvalue weighted by atomic mass is 32.2. The fourth-order valence-corrected chi connectivity index (χ4v) is 2.80. The topological polar surface area (TPSA) is 116 Å². The van der Waals surface area contributed by atoms with Crippen molar-refractivity contribution in [1.82, 2.24) is 4.72 Å². The first-order chi connectivity index (χ1) is 10.3. The Bertz CT molecular complexity index is 654. The molecule has 0 amide bonds. The van der Waals surface area contributed by atoms with Gasteiger partial charge in [0.25, 0.3) is 5.69 Å². The van der Waals surface area contributed by atoms with Crippen molar-refractivity contribution in [2.24, 2.45) is 0 Å². The van der Waals surface area contributed by atoms with Gasteiger partial charge in [-0.05, 0) is 25.5 Å². The fourth-order valence-electron chi connectivity index (χ4n) is 1.60. The van der Waals surface area contributed by atoms with E-state index in [0.29, 0.717) is 0 Å². The van der Waals surface area contributed by atoms with Crippen LogP contribution in [0, 0.1) is 10.1 Å². The lowest BCUT2D eigenvalue weighted by atomic mass is 10.2. The molecule has 0 radical (unpaired) electrons. The molecule has 0 fully saturated rings. The molecule has 0 aliphatic carbocycles. The van der Waals surface area contributed by atoms with Crippen LogP contribution in [-0.4, -0.2) is 32.0 Å². The second kappa shape index (κ2) is 7.66. The number of hydrogen-bond acceptors (Lipinski definition) is 6. The molecule has 1 aromatic rings. The fraction of sp³-hybridized carbons (Fsp3) is 0.308. The smallest absolute Gasteiger partial charge is 0.324 e. The molecule has 1 N–H and O–H groups in total. The van der Waals surface area contributed by atoms with Crippen LogP contribution in [0.2, 0.25) is 0 Å². The second-order valence-corrected chi connectivity index (χ2v) is 5.92. The van der Waals surface area contributed by atoms with Crippen LogP contribution in [0.5, 0.6) is 0 Å². The normalized spacial score (nSPS) is 12.4. The molecule has 0 saturated heterocycles. The van der Waals surface area contributed by atoms with Crippen molar-refractivity contribution in [2.45, 2.75) is 24.3 Å². The first kappa shape index (κ1) is 17.8. The molecule has 22 heavy (non-hydrogen) atoms. The van der Waals surface area contributed by atoms with Crippen LogP contribution < -0.4 is 4.72 Å². The summed E-state index contributed by atoms with van der Waals surface area (Å²) in [6.45, 7) is 5.18. The first-order valence-electron chi connectivity index (χ1n) is 6.36. The van der Waals surface area contributed by atoms with Crippen LogP contribution in [0.3, 0.4) is 0 Å². The molecule has 0 aliphatic rings. The molecule has 1 rings (SSSR count). The maximum atomic E-state index is 12.2. The summed E-state index contributed by atoms with van der Waals surface area (Å²) in [5, 5.41) is 10.6. The number of nitrogens with zero attached hydrogens (tertiary/aromatic N) is 1. The van der Waals surface area contributed by atoms with Gasteiger partial charge in [-0.15, -0.1) is 6.58 Å². The van der Waals surface area contributed by atoms with E-state index in [9.17, 15) is 23.3 Å². The van der Waals surface area contributed by atoms with E-state index in [1.807, 2.05) is 0 Å². The van der Waals surface area contributed by atoms with Crippen molar-refractivity contribution < 1.29 is 22.9 Å². The van der Waals surface area contributed by atoms with Crippen molar-refractivity contribution in [3.8, 4) is 0 Å². The minimum atomic E-state index is -4.01. The van der Waals surface area contributed by atoms with Crippen LogP contribution in [0.4, 0.5) is 5.69 Å². The third-order valence-corrected chi connectivity index (χ3v) is 4.12. The lowest BCUT2D eigenvalue weighted by Gasteiger charge is -2.15. The van der Waals surface area contributed by atoms with Gasteiger partial charge in [0.2, 0.25) is 10.0 Å². The summed E-state index contributed by atoms with van der Waals surface area (Å²) >= 11 is 0. The number of nitro benzene ring substituents is 1. The molecule has 120 valence electrons. The molecule has 0 unspecified atom stereocenters. The van der Waals surface area contributed by atoms with Crippen molar-refractivity contribution in [2.75, 3.05) is 6.61 Å². The number of carbonyl (C=O) groups is 1. The zero-order valence-corrected chi connectivity index (χ0v) is 12.7. The minimum absolute atomic E-state index is 0.0606. The standard InChI is InChI=1S/C13H16N2O6S/c1-3-5-12(13(16)21-4-2)14-22(19,20)11-8-6-10(7-9-11)15(17)18/h3,6-9,12,14H,1,4-5H2,2H3/t12-/m0/s1. The Morgan fingerprint density at radius 1 is 1.45 bits per heavy atom. The van der Waals surface area contributed by atoms with Gasteiger partial charge < -0.3 is 4.74 Å². The van der Waals surface area contributed by atoms with Crippen molar-refractivity contribution in [3.05, 3.63) is 47.0 Å². The van der Waals surface area contributed by atoms with Gasteiger partial charge in [0.15, 0.2) is 0 Å². The average Bonchev–Trinajstić information content (AvgIpc) is 2.47. The van der Waals surface area contributed by atoms with Crippen LogP contribution in [0.15, 0.2) is 41.8 Å². The van der Waals surface area contributed by atoms with Gasteiger partial charge in [-0.3, -0.25) is 14.9 Å². The zero-order chi connectivity index (χ0) is 16.8. The molecule has 8 nitrogen and oxygen atoms in total. The Morgan fingerprint density at radius 2 is 2.05 bits per heavy atom. The van der Waals surface area contributed by atoms with Crippen LogP contribution in [0.25, 0.3) is 0 Å². The van der Waals surface area contributed by atoms with E-state index in [1.54, 1.807) is 6.92 Å². The number of benzene rings is 1. The van der Waals surface area contributed by atoms with Crippen LogP contribution >= 0.6 is 0 Å². The zero-order valence-electron chi connectivity index (χ0n) is 11.9. The highest BCUT2D eigenvalue weighted by Gasteiger charge is 2.26. The van der Waals surface area contributed by atoms with E-state index in [4.69, 9.17) is 4.74 Å². The maximum Gasteiger partial charge on any atom is 0.324 e. The van der Waals surface area contributed by atoms with Crippen LogP contribution in [0.1, 0.15) is 13.3 Å². The number of non-ortho nitro benzene ring substituents is 1. The number of sulfonamides is 1. The summed E-state index contributed by atoms with van der Waals surface area (Å²) in [6, 6.07) is 3.23. The number of hydrogen-bond donors (Lipinski definition) is 1. The number of esters is 1. The summed E-state index contributed by atoms with van der Waals surface area (Å²) in [7, 11) is -4.01. The average molecular weight is 328 g/mol. The van der Waals surface area contributed by atoms with Gasteiger partial charge in [0, 0.05) is 12.1 Å². The monoisotopic (exact) mass is 328 g/mol. The number of ether oxygens (including phenoxy) is 1. The van der Waals surface area contributed by atoms with E-state index in [1.165, 1.54) is 6.08 Å². The maximum absolute atomic E-state index is 12.2. The lowest BCUT2D eigenvalue weighted by Crippen LogP contribution is -2.41. The highest BCUT2D eigenvalue weighted by Crippen LogP contribution is 2.16. The Labute approximate surface area is 128 Å². The summed E-state index contributed by atoms with van der Waals surface area (Å²) in [5.41, 5.74) is -0.230. The number of nitrogens with one attached hydrogen (secondary N) is 1. The molecule has 1 aromatic carbocycles. The van der Waals surface area contributed by atoms with Gasteiger partial charge in [0.1, 0.15) is 6.04 Å². The SMILES string of the molecule is C=CC[C@H](NS(=O)(=O)c1ccc([N+](=O)[O-])cc1)C(=O)OCC. The second-order valence-electron chi connectivity index (χ2n) is 4.20. The largest absolute Gasteiger partial charge is 0.465 e. The van der Waals surface area contributed by atoms with E-state index in [2.05, 4.69) is 11.3 Å². The molecule has 0 spiro atoms. The van der Waals surface area contributed by atoms with E-state index in [0.717, 1.165) is 24.3 Å². The van der Waals surface area contributed by atoms with Crippen molar-refractivity contribution in [3.63, 3.8) is 0 Å². The molecular formula is C13H16N2O6S. The number of nitro groups is 1. The molecule has 1 atom stereocenters. The van der Waals surface area contributed by atoms with Gasteiger partial charge in [-0.25, -0.2) is 8.42 Å². The van der Waals surface area contributed by atoms with Crippen LogP contribution in [-0.2, 0) is 19.6 Å². The predicted molar refractivity (Wildman–Crippen MR) is 78.7 cm³/mol. The summed E-state index contributed by atoms with van der Waals surface area (Å²) in [5.74, 6) is -0.715. The van der Waals surface area contributed by atoms with E-state index < -0.39 is 27.0 Å². The molecule has 0 saturated carbocycles. The van der Waals surface area contributed by atoms with Gasteiger partial charge in [-0.1, -0.05) is 6.08 Å². The van der Waals surface area contributed by atoms with Crippen molar-refractivity contribution >= 4 is 21.7 Å². The number of rotatable bonds is 8. The summed E-state index contributed by atoms with van der Waals surface area (Å²) in [6.07, 6.45) is 1.45. The third kappa shape index (κ3) is 4.64. The minimum Gasteiger partial charge on any atom is -0.465 e. The predicted octanol–water partition coefficient (Wildman–Crippen LogP) is 1.38. The van der Waals surface area contributed by atoms with E-state index in [-0.39, 0.29) is 23.6 Å². The quantitative estimate of drug-likeness (QED) is 0.333. The molecule has 0 aromatic heterocycles. The summed E-state index contributed by atoms with van der Waals surface area (Å²) < 4.78 is 31.4. The number of carbonyl (C=O) groups excluding carboxylic acids is 1. The molecule has 9 heteroatoms. The summed E-state index contributed by atoms with van der Waals surface area (Å²) in [4.78, 5) is 21.4. The molecule has 0 aliphatic heterocycles. The van der Waals surface area contributed by atoms with Gasteiger partial charge in [0.05, 0.1) is 16.4 Å². The Kier molecular flexibility index (Phi) is 6.20. The first-order valence-corrected chi connectivity index (χ1v) is 7.84. The molecule has 0 bridgehead atoms. The van der Waals surface area contributed by atoms with Crippen molar-refractivity contribution in [1.29, 1.82) is 0 Å². The molecular weight excluding hydrogens is 312 g/mol.